The number of nitrogens with zero attached hydrogens (tertiary/aromatic N) is 1. The molecule has 2 aromatic rings. The average Bonchev–Trinajstić information content (AvgIpc) is 3.34. The van der Waals surface area contributed by atoms with Crippen LogP contribution in [0.15, 0.2) is 42.6 Å². The molecule has 7 nitrogen and oxygen atoms in total. The number of amides is 3. The van der Waals surface area contributed by atoms with E-state index in [-0.39, 0.29) is 23.6 Å². The molecule has 0 saturated heterocycles. The third-order valence-electron chi connectivity index (χ3n) is 3.34. The van der Waals surface area contributed by atoms with Gasteiger partial charge in [0.05, 0.1) is 0 Å². The smallest absolute Gasteiger partial charge is 0.319 e. The highest BCUT2D eigenvalue weighted by molar-refractivity contribution is 6.04. The highest BCUT2D eigenvalue weighted by Gasteiger charge is 2.23. The first-order chi connectivity index (χ1) is 11.1. The molecule has 1 heterocycles. The molecule has 1 fully saturated rings. The second kappa shape index (κ2) is 6.35. The monoisotopic (exact) mass is 312 g/mol. The Labute approximate surface area is 132 Å². The number of hydrogen-bond acceptors (Lipinski definition) is 4. The van der Waals surface area contributed by atoms with Crippen molar-refractivity contribution < 1.29 is 14.7 Å². The summed E-state index contributed by atoms with van der Waals surface area (Å²) in [5, 5.41) is 17.6. The number of nitrogens with one attached hydrogen (secondary N) is 3. The first-order valence-corrected chi connectivity index (χ1v) is 7.25. The lowest BCUT2D eigenvalue weighted by Gasteiger charge is -2.08. The standard InChI is InChI=1S/C16H16N4O3/c21-13-2-1-9-17-14(13)20-15(22)10-3-5-11(6-4-10)18-16(23)19-12-7-8-12/h1-6,9,12,21H,7-8H2,(H,17,20,22)(H2,18,19,23). The maximum absolute atomic E-state index is 12.1. The number of rotatable bonds is 4. The maximum Gasteiger partial charge on any atom is 0.319 e. The van der Waals surface area contributed by atoms with E-state index in [0.717, 1.165) is 12.8 Å². The van der Waals surface area contributed by atoms with Crippen LogP contribution in [-0.4, -0.2) is 28.1 Å². The summed E-state index contributed by atoms with van der Waals surface area (Å²) in [6.45, 7) is 0. The van der Waals surface area contributed by atoms with E-state index < -0.39 is 5.91 Å². The summed E-state index contributed by atoms with van der Waals surface area (Å²) >= 11 is 0. The zero-order valence-corrected chi connectivity index (χ0v) is 12.2. The van der Waals surface area contributed by atoms with Crippen molar-refractivity contribution in [2.45, 2.75) is 18.9 Å². The second-order valence-corrected chi connectivity index (χ2v) is 5.28. The number of carbonyl (C=O) groups is 2. The lowest BCUT2D eigenvalue weighted by atomic mass is 10.2. The van der Waals surface area contributed by atoms with Gasteiger partial charge in [0.15, 0.2) is 11.6 Å². The van der Waals surface area contributed by atoms with Gasteiger partial charge in [-0.25, -0.2) is 9.78 Å². The Balaban J connectivity index is 1.60. The molecule has 0 bridgehead atoms. The molecular formula is C16H16N4O3. The fourth-order valence-corrected chi connectivity index (χ4v) is 1.96. The van der Waals surface area contributed by atoms with Crippen LogP contribution in [0.1, 0.15) is 23.2 Å². The minimum Gasteiger partial charge on any atom is -0.504 e. The SMILES string of the molecule is O=C(Nc1ccc(C(=O)Nc2ncccc2O)cc1)NC1CC1. The zero-order chi connectivity index (χ0) is 16.2. The van der Waals surface area contributed by atoms with Gasteiger partial charge in [0.1, 0.15) is 0 Å². The third kappa shape index (κ3) is 3.97. The highest BCUT2D eigenvalue weighted by Crippen LogP contribution is 2.20. The number of carbonyl (C=O) groups excluding carboxylic acids is 2. The summed E-state index contributed by atoms with van der Waals surface area (Å²) in [7, 11) is 0. The fourth-order valence-electron chi connectivity index (χ4n) is 1.96. The predicted molar refractivity (Wildman–Crippen MR) is 85.5 cm³/mol. The Hall–Kier alpha value is -3.09. The molecule has 4 N–H and O–H groups in total. The first-order valence-electron chi connectivity index (χ1n) is 7.25. The third-order valence-corrected chi connectivity index (χ3v) is 3.34. The molecular weight excluding hydrogens is 296 g/mol. The van der Waals surface area contributed by atoms with E-state index in [4.69, 9.17) is 0 Å². The van der Waals surface area contributed by atoms with Gasteiger partial charge in [-0.15, -0.1) is 0 Å². The number of hydrogen-bond donors (Lipinski definition) is 4. The topological polar surface area (TPSA) is 103 Å². The van der Waals surface area contributed by atoms with Gasteiger partial charge in [0.25, 0.3) is 5.91 Å². The predicted octanol–water partition coefficient (Wildman–Crippen LogP) is 2.32. The van der Waals surface area contributed by atoms with Gasteiger partial charge in [-0.05, 0) is 49.2 Å². The van der Waals surface area contributed by atoms with Gasteiger partial charge in [-0.1, -0.05) is 0 Å². The molecule has 0 aliphatic heterocycles. The first kappa shape index (κ1) is 14.8. The molecule has 1 aromatic carbocycles. The van der Waals surface area contributed by atoms with Gasteiger partial charge in [0.2, 0.25) is 0 Å². The van der Waals surface area contributed by atoms with Crippen LogP contribution in [0.5, 0.6) is 5.75 Å². The number of aromatic hydroxyl groups is 1. The second-order valence-electron chi connectivity index (χ2n) is 5.28. The van der Waals surface area contributed by atoms with Crippen LogP contribution in [0.2, 0.25) is 0 Å². The molecule has 3 rings (SSSR count). The van der Waals surface area contributed by atoms with Gasteiger partial charge < -0.3 is 21.1 Å². The molecule has 0 radical (unpaired) electrons. The van der Waals surface area contributed by atoms with Crippen LogP contribution in [0, 0.1) is 0 Å². The molecule has 0 spiro atoms. The van der Waals surface area contributed by atoms with Gasteiger partial charge in [-0.3, -0.25) is 4.79 Å². The number of urea groups is 1. The lowest BCUT2D eigenvalue weighted by Crippen LogP contribution is -2.30. The Morgan fingerprint density at radius 2 is 1.83 bits per heavy atom. The molecule has 1 aliphatic rings. The van der Waals surface area contributed by atoms with E-state index in [1.54, 1.807) is 30.3 Å². The van der Waals surface area contributed by atoms with E-state index in [1.807, 2.05) is 0 Å². The van der Waals surface area contributed by atoms with Crippen LogP contribution in [-0.2, 0) is 0 Å². The van der Waals surface area contributed by atoms with Crippen LogP contribution >= 0.6 is 0 Å². The van der Waals surface area contributed by atoms with Gasteiger partial charge in [0, 0.05) is 23.5 Å². The summed E-state index contributed by atoms with van der Waals surface area (Å²) < 4.78 is 0. The molecule has 118 valence electrons. The molecule has 0 atom stereocenters. The molecule has 1 saturated carbocycles. The van der Waals surface area contributed by atoms with Gasteiger partial charge in [-0.2, -0.15) is 0 Å². The van der Waals surface area contributed by atoms with Crippen LogP contribution < -0.4 is 16.0 Å². The minimum absolute atomic E-state index is 0.100. The number of anilines is 2. The summed E-state index contributed by atoms with van der Waals surface area (Å²) in [5.74, 6) is -0.396. The quantitative estimate of drug-likeness (QED) is 0.695. The van der Waals surface area contributed by atoms with Crippen molar-refractivity contribution in [1.29, 1.82) is 0 Å². The summed E-state index contributed by atoms with van der Waals surface area (Å²) in [5.41, 5.74) is 0.989. The molecule has 7 heteroatoms. The van der Waals surface area contributed by atoms with Crippen molar-refractivity contribution in [3.8, 4) is 5.75 Å². The molecule has 3 amide bonds. The minimum atomic E-state index is -0.395. The number of aromatic nitrogens is 1. The van der Waals surface area contributed by atoms with Crippen molar-refractivity contribution in [2.75, 3.05) is 10.6 Å². The van der Waals surface area contributed by atoms with Crippen molar-refractivity contribution in [3.05, 3.63) is 48.2 Å². The summed E-state index contributed by atoms with van der Waals surface area (Å²) in [6.07, 6.45) is 3.51. The maximum atomic E-state index is 12.1. The summed E-state index contributed by atoms with van der Waals surface area (Å²) in [4.78, 5) is 27.6. The number of benzene rings is 1. The van der Waals surface area contributed by atoms with Crippen LogP contribution in [0.3, 0.4) is 0 Å². The zero-order valence-electron chi connectivity index (χ0n) is 12.2. The Morgan fingerprint density at radius 1 is 1.09 bits per heavy atom. The highest BCUT2D eigenvalue weighted by atomic mass is 16.3. The Morgan fingerprint density at radius 3 is 2.48 bits per heavy atom. The average molecular weight is 312 g/mol. The van der Waals surface area contributed by atoms with E-state index in [9.17, 15) is 14.7 Å². The van der Waals surface area contributed by atoms with Crippen LogP contribution in [0.4, 0.5) is 16.3 Å². The van der Waals surface area contributed by atoms with Gasteiger partial charge >= 0.3 is 6.03 Å². The Kier molecular flexibility index (Phi) is 4.09. The van der Waals surface area contributed by atoms with E-state index in [1.165, 1.54) is 12.3 Å². The fraction of sp³-hybridized carbons (Fsp3) is 0.188. The molecule has 1 aliphatic carbocycles. The normalized spacial score (nSPS) is 13.2. The van der Waals surface area contributed by atoms with Crippen molar-refractivity contribution in [1.82, 2.24) is 10.3 Å². The van der Waals surface area contributed by atoms with E-state index >= 15 is 0 Å². The lowest BCUT2D eigenvalue weighted by molar-refractivity contribution is 0.102. The number of pyridine rings is 1. The van der Waals surface area contributed by atoms with Crippen molar-refractivity contribution in [3.63, 3.8) is 0 Å². The van der Waals surface area contributed by atoms with Crippen molar-refractivity contribution in [2.24, 2.45) is 0 Å². The van der Waals surface area contributed by atoms with E-state index in [0.29, 0.717) is 11.3 Å². The van der Waals surface area contributed by atoms with Crippen LogP contribution in [0.25, 0.3) is 0 Å². The van der Waals surface area contributed by atoms with E-state index in [2.05, 4.69) is 20.9 Å². The summed E-state index contributed by atoms with van der Waals surface area (Å²) in [6, 6.07) is 9.49. The largest absolute Gasteiger partial charge is 0.504 e. The molecule has 23 heavy (non-hydrogen) atoms. The molecule has 0 unspecified atom stereocenters. The Bertz CT molecular complexity index is 726. The van der Waals surface area contributed by atoms with Crippen molar-refractivity contribution >= 4 is 23.4 Å². The molecule has 1 aromatic heterocycles.